The molecule has 7 nitrogen and oxygen atoms in total. The predicted molar refractivity (Wildman–Crippen MR) is 104 cm³/mol. The van der Waals surface area contributed by atoms with E-state index in [-0.39, 0.29) is 17.4 Å². The van der Waals surface area contributed by atoms with E-state index in [2.05, 4.69) is 25.2 Å². The summed E-state index contributed by atoms with van der Waals surface area (Å²) >= 11 is 0. The van der Waals surface area contributed by atoms with Gasteiger partial charge in [0, 0.05) is 32.4 Å². The van der Waals surface area contributed by atoms with Crippen LogP contribution in [0.25, 0.3) is 0 Å². The maximum atomic E-state index is 13.7. The van der Waals surface area contributed by atoms with Crippen LogP contribution in [-0.2, 0) is 0 Å². The molecule has 1 fully saturated rings. The number of carbonyl (C=O) groups is 1. The summed E-state index contributed by atoms with van der Waals surface area (Å²) in [4.78, 5) is 29.3. The Morgan fingerprint density at radius 3 is 2.39 bits per heavy atom. The van der Waals surface area contributed by atoms with Gasteiger partial charge < -0.3 is 15.1 Å². The summed E-state index contributed by atoms with van der Waals surface area (Å²) in [6, 6.07) is 12.1. The molecule has 1 amide bonds. The van der Waals surface area contributed by atoms with Crippen LogP contribution in [0.5, 0.6) is 0 Å². The quantitative estimate of drug-likeness (QED) is 0.753. The lowest BCUT2D eigenvalue weighted by molar-refractivity contribution is 0.0740. The minimum absolute atomic E-state index is 0.161. The summed E-state index contributed by atoms with van der Waals surface area (Å²) in [6.07, 6.45) is 4.61. The number of rotatable bonds is 4. The Bertz CT molecular complexity index is 942. The Morgan fingerprint density at radius 1 is 0.929 bits per heavy atom. The number of aromatic nitrogens is 3. The first-order valence-corrected chi connectivity index (χ1v) is 8.99. The molecule has 0 atom stereocenters. The van der Waals surface area contributed by atoms with Crippen LogP contribution in [0.2, 0.25) is 0 Å². The molecular weight excluding hydrogens is 359 g/mol. The summed E-state index contributed by atoms with van der Waals surface area (Å²) in [5.41, 5.74) is 0.576. The molecule has 1 N–H and O–H groups in total. The van der Waals surface area contributed by atoms with Crippen molar-refractivity contribution in [2.24, 2.45) is 0 Å². The highest BCUT2D eigenvalue weighted by molar-refractivity contribution is 5.92. The summed E-state index contributed by atoms with van der Waals surface area (Å²) in [5, 5.41) is 2.85. The van der Waals surface area contributed by atoms with Gasteiger partial charge in [-0.25, -0.2) is 19.3 Å². The lowest BCUT2D eigenvalue weighted by Gasteiger charge is -2.35. The fraction of sp³-hybridized carbons (Fsp3) is 0.200. The largest absolute Gasteiger partial charge is 0.353 e. The Kier molecular flexibility index (Phi) is 5.09. The molecule has 1 saturated heterocycles. The zero-order valence-corrected chi connectivity index (χ0v) is 15.1. The molecule has 1 aliphatic heterocycles. The monoisotopic (exact) mass is 378 g/mol. The number of piperazine rings is 1. The molecule has 142 valence electrons. The standard InChI is InChI=1S/C20H19FN6O/c21-15-5-1-2-6-16(15)25-18-14-23-17(13-24-18)20(28)27-11-9-26(10-12-27)19-7-3-4-8-22-19/h1-8,13-14H,9-12H2,(H,24,25). The fourth-order valence-corrected chi connectivity index (χ4v) is 3.05. The lowest BCUT2D eigenvalue weighted by atomic mass is 10.2. The SMILES string of the molecule is O=C(c1cnc(Nc2ccccc2F)cn1)N1CCN(c2ccccn2)CC1. The molecule has 0 spiro atoms. The van der Waals surface area contributed by atoms with E-state index in [1.165, 1.54) is 18.5 Å². The second-order valence-corrected chi connectivity index (χ2v) is 6.36. The van der Waals surface area contributed by atoms with E-state index in [4.69, 9.17) is 0 Å². The van der Waals surface area contributed by atoms with Crippen LogP contribution >= 0.6 is 0 Å². The summed E-state index contributed by atoms with van der Waals surface area (Å²) in [6.45, 7) is 2.60. The van der Waals surface area contributed by atoms with Gasteiger partial charge in [0.25, 0.3) is 5.91 Å². The first-order valence-electron chi connectivity index (χ1n) is 8.99. The second-order valence-electron chi connectivity index (χ2n) is 6.36. The highest BCUT2D eigenvalue weighted by Crippen LogP contribution is 2.18. The number of nitrogens with zero attached hydrogens (tertiary/aromatic N) is 5. The van der Waals surface area contributed by atoms with Gasteiger partial charge in [-0.15, -0.1) is 0 Å². The van der Waals surface area contributed by atoms with Gasteiger partial charge in [0.05, 0.1) is 18.1 Å². The number of halogens is 1. The molecule has 0 radical (unpaired) electrons. The lowest BCUT2D eigenvalue weighted by Crippen LogP contribution is -2.49. The van der Waals surface area contributed by atoms with E-state index in [0.29, 0.717) is 37.7 Å². The molecule has 2 aromatic heterocycles. The second kappa shape index (κ2) is 7.99. The van der Waals surface area contributed by atoms with E-state index in [1.807, 2.05) is 18.2 Å². The maximum absolute atomic E-state index is 13.7. The van der Waals surface area contributed by atoms with Crippen LogP contribution in [0.1, 0.15) is 10.5 Å². The third-order valence-electron chi connectivity index (χ3n) is 4.55. The molecule has 8 heteroatoms. The van der Waals surface area contributed by atoms with Gasteiger partial charge in [0.1, 0.15) is 23.1 Å². The highest BCUT2D eigenvalue weighted by Gasteiger charge is 2.23. The van der Waals surface area contributed by atoms with Gasteiger partial charge >= 0.3 is 0 Å². The third-order valence-corrected chi connectivity index (χ3v) is 4.55. The van der Waals surface area contributed by atoms with E-state index < -0.39 is 0 Å². The van der Waals surface area contributed by atoms with Crippen LogP contribution in [0.3, 0.4) is 0 Å². The number of benzene rings is 1. The van der Waals surface area contributed by atoms with E-state index in [0.717, 1.165) is 5.82 Å². The number of nitrogens with one attached hydrogen (secondary N) is 1. The van der Waals surface area contributed by atoms with Crippen LogP contribution in [-0.4, -0.2) is 51.9 Å². The molecule has 0 aliphatic carbocycles. The summed E-state index contributed by atoms with van der Waals surface area (Å²) in [7, 11) is 0. The van der Waals surface area contributed by atoms with Gasteiger partial charge in [-0.3, -0.25) is 4.79 Å². The number of hydrogen-bond donors (Lipinski definition) is 1. The Balaban J connectivity index is 1.37. The Hall–Kier alpha value is -3.55. The number of pyridine rings is 1. The van der Waals surface area contributed by atoms with E-state index in [1.54, 1.807) is 29.3 Å². The van der Waals surface area contributed by atoms with Gasteiger partial charge in [0.2, 0.25) is 0 Å². The molecule has 4 rings (SSSR count). The number of para-hydroxylation sites is 1. The predicted octanol–water partition coefficient (Wildman–Crippen LogP) is 2.72. The van der Waals surface area contributed by atoms with E-state index >= 15 is 0 Å². The average Bonchev–Trinajstić information content (AvgIpc) is 2.76. The van der Waals surface area contributed by atoms with Crippen molar-refractivity contribution in [3.05, 3.63) is 72.6 Å². The van der Waals surface area contributed by atoms with Crippen LogP contribution < -0.4 is 10.2 Å². The van der Waals surface area contributed by atoms with Crippen molar-refractivity contribution in [2.45, 2.75) is 0 Å². The molecule has 0 bridgehead atoms. The van der Waals surface area contributed by atoms with Crippen molar-refractivity contribution in [3.8, 4) is 0 Å². The van der Waals surface area contributed by atoms with Gasteiger partial charge in [-0.2, -0.15) is 0 Å². The normalized spacial score (nSPS) is 14.0. The van der Waals surface area contributed by atoms with Crippen molar-refractivity contribution in [2.75, 3.05) is 36.4 Å². The van der Waals surface area contributed by atoms with Crippen LogP contribution in [0.15, 0.2) is 61.1 Å². The molecule has 0 unspecified atom stereocenters. The number of anilines is 3. The van der Waals surface area contributed by atoms with Crippen molar-refractivity contribution >= 4 is 23.2 Å². The molecule has 3 aromatic rings. The molecule has 0 saturated carbocycles. The number of amides is 1. The molecule has 28 heavy (non-hydrogen) atoms. The number of hydrogen-bond acceptors (Lipinski definition) is 6. The molecule has 1 aromatic carbocycles. The minimum atomic E-state index is -0.379. The Morgan fingerprint density at radius 2 is 1.71 bits per heavy atom. The van der Waals surface area contributed by atoms with Gasteiger partial charge in [0.15, 0.2) is 0 Å². The smallest absolute Gasteiger partial charge is 0.274 e. The third kappa shape index (κ3) is 3.90. The maximum Gasteiger partial charge on any atom is 0.274 e. The molecule has 1 aliphatic rings. The van der Waals surface area contributed by atoms with Gasteiger partial charge in [-0.1, -0.05) is 18.2 Å². The first kappa shape index (κ1) is 17.8. The Labute approximate surface area is 161 Å². The van der Waals surface area contributed by atoms with Crippen LogP contribution in [0, 0.1) is 5.82 Å². The number of carbonyl (C=O) groups excluding carboxylic acids is 1. The molecule has 3 heterocycles. The van der Waals surface area contributed by atoms with Gasteiger partial charge in [-0.05, 0) is 24.3 Å². The van der Waals surface area contributed by atoms with E-state index in [9.17, 15) is 9.18 Å². The summed E-state index contributed by atoms with van der Waals surface area (Å²) < 4.78 is 13.7. The zero-order valence-electron chi connectivity index (χ0n) is 15.1. The van der Waals surface area contributed by atoms with Crippen LogP contribution in [0.4, 0.5) is 21.7 Å². The first-order chi connectivity index (χ1) is 13.7. The van der Waals surface area contributed by atoms with Crippen molar-refractivity contribution in [1.82, 2.24) is 19.9 Å². The summed E-state index contributed by atoms with van der Waals surface area (Å²) in [5.74, 6) is 0.750. The highest BCUT2D eigenvalue weighted by atomic mass is 19.1. The topological polar surface area (TPSA) is 74.2 Å². The average molecular weight is 378 g/mol. The van der Waals surface area contributed by atoms with Crippen molar-refractivity contribution in [3.63, 3.8) is 0 Å². The fourth-order valence-electron chi connectivity index (χ4n) is 3.05. The van der Waals surface area contributed by atoms with Crippen molar-refractivity contribution < 1.29 is 9.18 Å². The molecular formula is C20H19FN6O. The minimum Gasteiger partial charge on any atom is -0.353 e. The van der Waals surface area contributed by atoms with Crippen molar-refractivity contribution in [1.29, 1.82) is 0 Å². The zero-order chi connectivity index (χ0) is 19.3.